The number of nitriles is 1. The highest BCUT2D eigenvalue weighted by atomic mass is 32.2. The number of alkyl halides is 2. The normalized spacial score (nSPS) is 11.6. The fourth-order valence-electron chi connectivity index (χ4n) is 2.73. The summed E-state index contributed by atoms with van der Waals surface area (Å²) >= 11 is 0. The highest BCUT2D eigenvalue weighted by Gasteiger charge is 2.20. The molecule has 0 fully saturated rings. The summed E-state index contributed by atoms with van der Waals surface area (Å²) in [6, 6.07) is 11.3. The fraction of sp³-hybridized carbons (Fsp3) is 0.158. The van der Waals surface area contributed by atoms with Gasteiger partial charge >= 0.3 is 0 Å². The molecular formula is C19H14F3N3O2S. The van der Waals surface area contributed by atoms with Crippen molar-refractivity contribution in [3.05, 3.63) is 65.1 Å². The SMILES string of the molecule is Cc1ccc(-c2cc(C(F)F)nn2-c2ccc(S(C)(=O)=O)c(F)c2)cc1C#N. The maximum atomic E-state index is 14.3. The van der Waals surface area contributed by atoms with Crippen molar-refractivity contribution in [2.75, 3.05) is 6.26 Å². The smallest absolute Gasteiger partial charge is 0.233 e. The molecule has 0 spiro atoms. The molecule has 1 heterocycles. The molecule has 0 bridgehead atoms. The summed E-state index contributed by atoms with van der Waals surface area (Å²) in [5, 5.41) is 13.0. The molecule has 0 aliphatic carbocycles. The van der Waals surface area contributed by atoms with Crippen molar-refractivity contribution in [3.63, 3.8) is 0 Å². The average molecular weight is 405 g/mol. The topological polar surface area (TPSA) is 75.8 Å². The van der Waals surface area contributed by atoms with Gasteiger partial charge in [-0.05, 0) is 36.8 Å². The molecule has 0 unspecified atom stereocenters. The molecule has 0 aliphatic rings. The highest BCUT2D eigenvalue weighted by Crippen LogP contribution is 2.30. The standard InChI is InChI=1S/C19H14F3N3O2S/c1-11-3-4-12(7-13(11)10-23)17-9-16(19(21)22)24-25(17)14-5-6-18(15(20)8-14)28(2,26)27/h3-9,19H,1-2H3. The Morgan fingerprint density at radius 3 is 2.43 bits per heavy atom. The van der Waals surface area contributed by atoms with Gasteiger partial charge in [0.15, 0.2) is 9.84 Å². The first-order valence-electron chi connectivity index (χ1n) is 8.01. The van der Waals surface area contributed by atoms with E-state index < -0.39 is 32.7 Å². The van der Waals surface area contributed by atoms with E-state index in [1.54, 1.807) is 19.1 Å². The Morgan fingerprint density at radius 2 is 1.86 bits per heavy atom. The molecule has 3 rings (SSSR count). The third kappa shape index (κ3) is 3.64. The molecule has 9 heteroatoms. The zero-order valence-electron chi connectivity index (χ0n) is 14.8. The number of nitrogens with zero attached hydrogens (tertiary/aromatic N) is 3. The van der Waals surface area contributed by atoms with Crippen LogP contribution in [0.25, 0.3) is 16.9 Å². The van der Waals surface area contributed by atoms with Crippen LogP contribution in [-0.2, 0) is 9.84 Å². The Labute approximate surface area is 159 Å². The highest BCUT2D eigenvalue weighted by molar-refractivity contribution is 7.90. The van der Waals surface area contributed by atoms with E-state index in [4.69, 9.17) is 0 Å². The van der Waals surface area contributed by atoms with E-state index in [0.29, 0.717) is 11.1 Å². The number of rotatable bonds is 4. The fourth-order valence-corrected chi connectivity index (χ4v) is 3.46. The summed E-state index contributed by atoms with van der Waals surface area (Å²) in [4.78, 5) is -0.499. The van der Waals surface area contributed by atoms with E-state index in [1.165, 1.54) is 12.1 Å². The van der Waals surface area contributed by atoms with Crippen molar-refractivity contribution in [1.82, 2.24) is 9.78 Å². The molecule has 1 aromatic heterocycles. The molecule has 0 amide bonds. The Morgan fingerprint density at radius 1 is 1.14 bits per heavy atom. The maximum absolute atomic E-state index is 14.3. The quantitative estimate of drug-likeness (QED) is 0.652. The third-order valence-corrected chi connectivity index (χ3v) is 5.30. The second kappa shape index (κ2) is 7.13. The first-order valence-corrected chi connectivity index (χ1v) is 9.90. The van der Waals surface area contributed by atoms with Crippen LogP contribution in [0.2, 0.25) is 0 Å². The van der Waals surface area contributed by atoms with Gasteiger partial charge in [0.1, 0.15) is 16.4 Å². The number of sulfone groups is 1. The van der Waals surface area contributed by atoms with Crippen molar-refractivity contribution in [2.45, 2.75) is 18.2 Å². The number of halogens is 3. The van der Waals surface area contributed by atoms with Crippen LogP contribution in [0, 0.1) is 24.1 Å². The van der Waals surface area contributed by atoms with Crippen LogP contribution in [0.4, 0.5) is 13.2 Å². The largest absolute Gasteiger partial charge is 0.282 e. The van der Waals surface area contributed by atoms with Gasteiger partial charge in [0.2, 0.25) is 0 Å². The Balaban J connectivity index is 2.22. The lowest BCUT2D eigenvalue weighted by atomic mass is 10.0. The first-order chi connectivity index (χ1) is 13.1. The molecule has 0 N–H and O–H groups in total. The Kier molecular flexibility index (Phi) is 5.00. The molecule has 5 nitrogen and oxygen atoms in total. The molecule has 2 aromatic carbocycles. The summed E-state index contributed by atoms with van der Waals surface area (Å²) in [6.45, 7) is 1.74. The van der Waals surface area contributed by atoms with Gasteiger partial charge in [-0.2, -0.15) is 10.4 Å². The van der Waals surface area contributed by atoms with Gasteiger partial charge in [-0.3, -0.25) is 0 Å². The van der Waals surface area contributed by atoms with Crippen molar-refractivity contribution < 1.29 is 21.6 Å². The van der Waals surface area contributed by atoms with Gasteiger partial charge in [-0.15, -0.1) is 0 Å². The van der Waals surface area contributed by atoms with Crippen molar-refractivity contribution in [2.24, 2.45) is 0 Å². The van der Waals surface area contributed by atoms with Crippen LogP contribution in [0.1, 0.15) is 23.2 Å². The van der Waals surface area contributed by atoms with Gasteiger partial charge in [0.25, 0.3) is 6.43 Å². The maximum Gasteiger partial charge on any atom is 0.282 e. The van der Waals surface area contributed by atoms with Crippen molar-refractivity contribution in [1.29, 1.82) is 5.26 Å². The molecule has 0 saturated heterocycles. The molecule has 28 heavy (non-hydrogen) atoms. The van der Waals surface area contributed by atoms with Gasteiger partial charge in [-0.1, -0.05) is 12.1 Å². The molecular weight excluding hydrogens is 391 g/mol. The van der Waals surface area contributed by atoms with Crippen LogP contribution in [0.5, 0.6) is 0 Å². The molecule has 0 saturated carbocycles. The first kappa shape index (κ1) is 19.6. The summed E-state index contributed by atoms with van der Waals surface area (Å²) in [6.07, 6.45) is -1.99. The molecule has 0 atom stereocenters. The van der Waals surface area contributed by atoms with Crippen LogP contribution in [0.15, 0.2) is 47.4 Å². The molecule has 0 aliphatic heterocycles. The zero-order chi connectivity index (χ0) is 20.6. The lowest BCUT2D eigenvalue weighted by Crippen LogP contribution is -2.05. The summed E-state index contributed by atoms with van der Waals surface area (Å²) in [5.74, 6) is -1.01. The summed E-state index contributed by atoms with van der Waals surface area (Å²) in [5.41, 5.74) is 1.29. The number of aryl methyl sites for hydroxylation is 1. The van der Waals surface area contributed by atoms with E-state index in [2.05, 4.69) is 5.10 Å². The van der Waals surface area contributed by atoms with Gasteiger partial charge < -0.3 is 0 Å². The number of hydrogen-bond donors (Lipinski definition) is 0. The third-order valence-electron chi connectivity index (χ3n) is 4.17. The van der Waals surface area contributed by atoms with E-state index in [1.807, 2.05) is 6.07 Å². The summed E-state index contributed by atoms with van der Waals surface area (Å²) in [7, 11) is -3.78. The predicted molar refractivity (Wildman–Crippen MR) is 96.5 cm³/mol. The minimum absolute atomic E-state index is 0.0749. The second-order valence-electron chi connectivity index (χ2n) is 6.20. The predicted octanol–water partition coefficient (Wildman–Crippen LogP) is 4.20. The zero-order valence-corrected chi connectivity index (χ0v) is 15.6. The van der Waals surface area contributed by atoms with E-state index in [9.17, 15) is 26.9 Å². The lowest BCUT2D eigenvalue weighted by Gasteiger charge is -2.10. The van der Waals surface area contributed by atoms with Crippen LogP contribution in [-0.4, -0.2) is 24.5 Å². The Bertz CT molecular complexity index is 1210. The minimum Gasteiger partial charge on any atom is -0.233 e. The van der Waals surface area contributed by atoms with Crippen LogP contribution >= 0.6 is 0 Å². The van der Waals surface area contributed by atoms with Gasteiger partial charge in [0, 0.05) is 17.9 Å². The number of hydrogen-bond acceptors (Lipinski definition) is 4. The van der Waals surface area contributed by atoms with Crippen LogP contribution < -0.4 is 0 Å². The summed E-state index contributed by atoms with van der Waals surface area (Å²) < 4.78 is 65.0. The Hall–Kier alpha value is -3.12. The van der Waals surface area contributed by atoms with Gasteiger partial charge in [-0.25, -0.2) is 26.3 Å². The molecule has 0 radical (unpaired) electrons. The van der Waals surface area contributed by atoms with E-state index in [0.717, 1.165) is 34.7 Å². The molecule has 3 aromatic rings. The monoisotopic (exact) mass is 405 g/mol. The van der Waals surface area contributed by atoms with Crippen molar-refractivity contribution in [3.8, 4) is 23.0 Å². The number of benzene rings is 2. The van der Waals surface area contributed by atoms with E-state index in [-0.39, 0.29) is 11.4 Å². The van der Waals surface area contributed by atoms with Gasteiger partial charge in [0.05, 0.1) is 23.0 Å². The number of aromatic nitrogens is 2. The lowest BCUT2D eigenvalue weighted by molar-refractivity contribution is 0.145. The van der Waals surface area contributed by atoms with E-state index >= 15 is 0 Å². The molecule has 144 valence electrons. The van der Waals surface area contributed by atoms with Crippen LogP contribution in [0.3, 0.4) is 0 Å². The average Bonchev–Trinajstić information content (AvgIpc) is 3.06. The van der Waals surface area contributed by atoms with Crippen molar-refractivity contribution >= 4 is 9.84 Å². The second-order valence-corrected chi connectivity index (χ2v) is 8.18. The minimum atomic E-state index is -3.78.